The number of fused-ring (bicyclic) bond motifs is 1. The molecule has 2 aromatic rings. The number of rotatable bonds is 5. The number of aromatic nitrogens is 2. The SMILES string of the molecule is CNc1nc([C@@H]2CCCCN2Cc2ccc(N3CCCC3)cc2)nc2c1CCN(C(C)=O)C2. The van der Waals surface area contributed by atoms with Crippen LogP contribution in [0.25, 0.3) is 0 Å². The molecule has 3 aliphatic heterocycles. The maximum absolute atomic E-state index is 12.0. The van der Waals surface area contributed by atoms with Crippen molar-refractivity contribution in [3.8, 4) is 0 Å². The van der Waals surface area contributed by atoms with E-state index >= 15 is 0 Å². The first-order chi connectivity index (χ1) is 16.1. The highest BCUT2D eigenvalue weighted by Crippen LogP contribution is 2.33. The molecule has 2 saturated heterocycles. The van der Waals surface area contributed by atoms with Crippen LogP contribution in [0.2, 0.25) is 0 Å². The molecule has 4 heterocycles. The highest BCUT2D eigenvalue weighted by Gasteiger charge is 2.30. The molecular weight excluding hydrogens is 412 g/mol. The maximum atomic E-state index is 12.0. The van der Waals surface area contributed by atoms with Crippen molar-refractivity contribution in [2.75, 3.05) is 43.4 Å². The molecule has 0 spiro atoms. The second-order valence-corrected chi connectivity index (χ2v) is 9.64. The van der Waals surface area contributed by atoms with E-state index in [4.69, 9.17) is 9.97 Å². The largest absolute Gasteiger partial charge is 0.373 e. The molecule has 7 heteroatoms. The molecule has 0 radical (unpaired) electrons. The lowest BCUT2D eigenvalue weighted by Gasteiger charge is -2.36. The molecule has 1 N–H and O–H groups in total. The topological polar surface area (TPSA) is 64.6 Å². The zero-order chi connectivity index (χ0) is 22.8. The monoisotopic (exact) mass is 448 g/mol. The molecule has 0 saturated carbocycles. The van der Waals surface area contributed by atoms with Gasteiger partial charge in [0.25, 0.3) is 0 Å². The number of carbonyl (C=O) groups is 1. The summed E-state index contributed by atoms with van der Waals surface area (Å²) < 4.78 is 0. The highest BCUT2D eigenvalue weighted by atomic mass is 16.2. The van der Waals surface area contributed by atoms with E-state index in [2.05, 4.69) is 39.4 Å². The molecule has 7 nitrogen and oxygen atoms in total. The molecular formula is C26H36N6O. The van der Waals surface area contributed by atoms with Gasteiger partial charge in [0, 0.05) is 51.4 Å². The van der Waals surface area contributed by atoms with E-state index in [1.54, 1.807) is 6.92 Å². The van der Waals surface area contributed by atoms with Crippen LogP contribution in [0.3, 0.4) is 0 Å². The minimum absolute atomic E-state index is 0.114. The predicted octanol–water partition coefficient (Wildman–Crippen LogP) is 3.75. The first kappa shape index (κ1) is 22.1. The van der Waals surface area contributed by atoms with Crippen LogP contribution >= 0.6 is 0 Å². The van der Waals surface area contributed by atoms with Gasteiger partial charge in [0.05, 0.1) is 18.3 Å². The van der Waals surface area contributed by atoms with Crippen molar-refractivity contribution in [1.82, 2.24) is 19.8 Å². The van der Waals surface area contributed by atoms with Crippen molar-refractivity contribution in [1.29, 1.82) is 0 Å². The quantitative estimate of drug-likeness (QED) is 0.752. The van der Waals surface area contributed by atoms with Crippen LogP contribution in [-0.2, 0) is 24.3 Å². The summed E-state index contributed by atoms with van der Waals surface area (Å²) >= 11 is 0. The molecule has 1 amide bonds. The maximum Gasteiger partial charge on any atom is 0.219 e. The molecule has 1 aromatic carbocycles. The smallest absolute Gasteiger partial charge is 0.219 e. The number of hydrogen-bond donors (Lipinski definition) is 1. The lowest BCUT2D eigenvalue weighted by Crippen LogP contribution is -2.37. The summed E-state index contributed by atoms with van der Waals surface area (Å²) in [5.74, 6) is 1.94. The Kier molecular flexibility index (Phi) is 6.49. The van der Waals surface area contributed by atoms with Gasteiger partial charge in [-0.15, -0.1) is 0 Å². The average molecular weight is 449 g/mol. The van der Waals surface area contributed by atoms with Crippen LogP contribution in [0.1, 0.15) is 67.7 Å². The number of nitrogens with one attached hydrogen (secondary N) is 1. The van der Waals surface area contributed by atoms with Crippen LogP contribution in [0.15, 0.2) is 24.3 Å². The molecule has 0 bridgehead atoms. The zero-order valence-electron chi connectivity index (χ0n) is 20.0. The van der Waals surface area contributed by atoms with Crippen LogP contribution < -0.4 is 10.2 Å². The van der Waals surface area contributed by atoms with Gasteiger partial charge in [-0.2, -0.15) is 0 Å². The number of piperidine rings is 1. The summed E-state index contributed by atoms with van der Waals surface area (Å²) in [5.41, 5.74) is 4.86. The minimum atomic E-state index is 0.114. The van der Waals surface area contributed by atoms with Gasteiger partial charge in [-0.25, -0.2) is 9.97 Å². The first-order valence-corrected chi connectivity index (χ1v) is 12.5. The van der Waals surface area contributed by atoms with Gasteiger partial charge in [-0.3, -0.25) is 9.69 Å². The summed E-state index contributed by atoms with van der Waals surface area (Å²) in [7, 11) is 1.93. The Morgan fingerprint density at radius 1 is 1.03 bits per heavy atom. The van der Waals surface area contributed by atoms with E-state index in [0.717, 1.165) is 49.8 Å². The summed E-state index contributed by atoms with van der Waals surface area (Å²) in [4.78, 5) is 28.9. The number of amides is 1. The summed E-state index contributed by atoms with van der Waals surface area (Å²) in [5, 5.41) is 3.30. The summed E-state index contributed by atoms with van der Waals surface area (Å²) in [6.45, 7) is 7.30. The number of nitrogens with zero attached hydrogens (tertiary/aromatic N) is 5. The van der Waals surface area contributed by atoms with Crippen molar-refractivity contribution < 1.29 is 4.79 Å². The molecule has 5 rings (SSSR count). The van der Waals surface area contributed by atoms with Gasteiger partial charge >= 0.3 is 0 Å². The predicted molar refractivity (Wildman–Crippen MR) is 131 cm³/mol. The fraction of sp³-hybridized carbons (Fsp3) is 0.577. The molecule has 1 atom stereocenters. The lowest BCUT2D eigenvalue weighted by atomic mass is 9.99. The standard InChI is InChI=1S/C26H36N6O/c1-19(33)31-16-12-22-23(18-31)28-26(29-25(22)27-2)24-7-3-4-15-32(24)17-20-8-10-21(11-9-20)30-13-5-6-14-30/h8-11,24H,3-7,12-18H2,1-2H3,(H,27,28,29)/t24-/m0/s1. The Morgan fingerprint density at radius 2 is 1.79 bits per heavy atom. The molecule has 0 aliphatic carbocycles. The van der Waals surface area contributed by atoms with Crippen molar-refractivity contribution >= 4 is 17.4 Å². The van der Waals surface area contributed by atoms with Gasteiger partial charge in [0.1, 0.15) is 11.6 Å². The van der Waals surface area contributed by atoms with Crippen LogP contribution in [0, 0.1) is 0 Å². The van der Waals surface area contributed by atoms with Crippen LogP contribution in [0.5, 0.6) is 0 Å². The summed E-state index contributed by atoms with van der Waals surface area (Å²) in [6.07, 6.45) is 6.90. The van der Waals surface area contributed by atoms with Crippen LogP contribution in [0.4, 0.5) is 11.5 Å². The van der Waals surface area contributed by atoms with E-state index in [-0.39, 0.29) is 11.9 Å². The van der Waals surface area contributed by atoms with E-state index < -0.39 is 0 Å². The number of carbonyl (C=O) groups excluding carboxylic acids is 1. The Bertz CT molecular complexity index is 985. The van der Waals surface area contributed by atoms with Crippen LogP contribution in [-0.4, -0.2) is 58.9 Å². The van der Waals surface area contributed by atoms with E-state index in [1.807, 2.05) is 11.9 Å². The number of anilines is 2. The fourth-order valence-corrected chi connectivity index (χ4v) is 5.57. The minimum Gasteiger partial charge on any atom is -0.373 e. The highest BCUT2D eigenvalue weighted by molar-refractivity contribution is 5.73. The summed E-state index contributed by atoms with van der Waals surface area (Å²) in [6, 6.07) is 9.35. The number of hydrogen-bond acceptors (Lipinski definition) is 6. The Labute approximate surface area is 197 Å². The van der Waals surface area contributed by atoms with E-state index in [1.165, 1.54) is 55.6 Å². The molecule has 0 unspecified atom stereocenters. The second-order valence-electron chi connectivity index (χ2n) is 9.64. The third kappa shape index (κ3) is 4.69. The van der Waals surface area contributed by atoms with Gasteiger partial charge in [0.15, 0.2) is 0 Å². The van der Waals surface area contributed by atoms with Crippen molar-refractivity contribution in [3.05, 3.63) is 46.9 Å². The second kappa shape index (κ2) is 9.67. The van der Waals surface area contributed by atoms with Crippen molar-refractivity contribution in [2.24, 2.45) is 0 Å². The molecule has 1 aromatic heterocycles. The zero-order valence-corrected chi connectivity index (χ0v) is 20.0. The Hall–Kier alpha value is -2.67. The molecule has 2 fully saturated rings. The average Bonchev–Trinajstić information content (AvgIpc) is 3.39. The normalized spacial score (nSPS) is 21.2. The molecule has 3 aliphatic rings. The van der Waals surface area contributed by atoms with E-state index in [9.17, 15) is 4.79 Å². The van der Waals surface area contributed by atoms with E-state index in [0.29, 0.717) is 6.54 Å². The molecule has 33 heavy (non-hydrogen) atoms. The van der Waals surface area contributed by atoms with Gasteiger partial charge in [-0.05, 0) is 56.3 Å². The third-order valence-corrected chi connectivity index (χ3v) is 7.47. The Balaban J connectivity index is 1.37. The third-order valence-electron chi connectivity index (χ3n) is 7.47. The number of likely N-dealkylation sites (tertiary alicyclic amines) is 1. The van der Waals surface area contributed by atoms with Gasteiger partial charge < -0.3 is 15.1 Å². The lowest BCUT2D eigenvalue weighted by molar-refractivity contribution is -0.129. The van der Waals surface area contributed by atoms with Crippen molar-refractivity contribution in [2.45, 2.75) is 64.6 Å². The Morgan fingerprint density at radius 3 is 2.52 bits per heavy atom. The fourth-order valence-electron chi connectivity index (χ4n) is 5.57. The van der Waals surface area contributed by atoms with Gasteiger partial charge in [-0.1, -0.05) is 18.6 Å². The number of benzene rings is 1. The van der Waals surface area contributed by atoms with Crippen molar-refractivity contribution in [3.63, 3.8) is 0 Å². The first-order valence-electron chi connectivity index (χ1n) is 12.5. The molecule has 176 valence electrons. The van der Waals surface area contributed by atoms with Gasteiger partial charge in [0.2, 0.25) is 5.91 Å².